The fourth-order valence-electron chi connectivity index (χ4n) is 3.82. The number of aryl methyl sites for hydroxylation is 1. The van der Waals surface area contributed by atoms with E-state index in [1.807, 2.05) is 54.6 Å². The first-order chi connectivity index (χ1) is 13.7. The largest absolute Gasteiger partial charge is 0.455 e. The third kappa shape index (κ3) is 4.10. The first-order valence-electron chi connectivity index (χ1n) is 9.68. The van der Waals surface area contributed by atoms with E-state index in [2.05, 4.69) is 40.2 Å². The van der Waals surface area contributed by atoms with E-state index in [9.17, 15) is 4.79 Å². The molecule has 1 fully saturated rings. The van der Waals surface area contributed by atoms with E-state index in [0.29, 0.717) is 24.0 Å². The zero-order chi connectivity index (χ0) is 19.3. The number of rotatable bonds is 6. The van der Waals surface area contributed by atoms with Crippen LogP contribution in [-0.2, 0) is 11.8 Å². The first-order valence-corrected chi connectivity index (χ1v) is 9.68. The van der Waals surface area contributed by atoms with Crippen molar-refractivity contribution in [2.24, 2.45) is 7.05 Å². The van der Waals surface area contributed by atoms with Gasteiger partial charge in [0.25, 0.3) is 0 Å². The van der Waals surface area contributed by atoms with E-state index in [-0.39, 0.29) is 5.91 Å². The minimum atomic E-state index is -0.0229. The van der Waals surface area contributed by atoms with Crippen LogP contribution >= 0.6 is 0 Å². The Bertz CT molecular complexity index is 936. The number of nitrogens with zero attached hydrogens (tertiary/aromatic N) is 2. The summed E-state index contributed by atoms with van der Waals surface area (Å²) >= 11 is 0. The maximum Gasteiger partial charge on any atom is 0.238 e. The van der Waals surface area contributed by atoms with Gasteiger partial charge in [-0.1, -0.05) is 30.3 Å². The average Bonchev–Trinajstić information content (AvgIpc) is 3.32. The molecule has 1 aliphatic heterocycles. The van der Waals surface area contributed by atoms with Gasteiger partial charge in [0, 0.05) is 18.9 Å². The quantitative estimate of drug-likeness (QED) is 0.685. The number of benzene rings is 2. The van der Waals surface area contributed by atoms with Crippen molar-refractivity contribution in [3.05, 3.63) is 78.6 Å². The van der Waals surface area contributed by atoms with Crippen LogP contribution in [0, 0.1) is 0 Å². The highest BCUT2D eigenvalue weighted by Gasteiger charge is 2.29. The number of anilines is 1. The van der Waals surface area contributed by atoms with Gasteiger partial charge in [-0.3, -0.25) is 9.69 Å². The van der Waals surface area contributed by atoms with Gasteiger partial charge in [-0.15, -0.1) is 0 Å². The van der Waals surface area contributed by atoms with Gasteiger partial charge in [0.15, 0.2) is 5.75 Å². The fraction of sp³-hybridized carbons (Fsp3) is 0.261. The highest BCUT2D eigenvalue weighted by molar-refractivity contribution is 5.93. The minimum absolute atomic E-state index is 0.0229. The van der Waals surface area contributed by atoms with Gasteiger partial charge in [0.2, 0.25) is 5.91 Å². The second-order valence-corrected chi connectivity index (χ2v) is 7.13. The molecule has 1 amide bonds. The Labute approximate surface area is 165 Å². The van der Waals surface area contributed by atoms with Crippen molar-refractivity contribution >= 4 is 11.6 Å². The van der Waals surface area contributed by atoms with E-state index in [0.717, 1.165) is 25.1 Å². The molecule has 5 nitrogen and oxygen atoms in total. The lowest BCUT2D eigenvalue weighted by Gasteiger charge is -2.24. The maximum atomic E-state index is 12.8. The molecule has 0 radical (unpaired) electrons. The van der Waals surface area contributed by atoms with Crippen molar-refractivity contribution in [1.82, 2.24) is 9.47 Å². The summed E-state index contributed by atoms with van der Waals surface area (Å²) in [6.45, 7) is 1.31. The van der Waals surface area contributed by atoms with Crippen molar-refractivity contribution in [1.29, 1.82) is 0 Å². The first kappa shape index (κ1) is 18.3. The van der Waals surface area contributed by atoms with E-state index < -0.39 is 0 Å². The predicted molar refractivity (Wildman–Crippen MR) is 111 cm³/mol. The number of para-hydroxylation sites is 3. The van der Waals surface area contributed by atoms with Crippen LogP contribution in [-0.4, -0.2) is 28.5 Å². The monoisotopic (exact) mass is 375 g/mol. The third-order valence-corrected chi connectivity index (χ3v) is 5.17. The second kappa shape index (κ2) is 8.31. The van der Waals surface area contributed by atoms with Gasteiger partial charge in [-0.05, 0) is 55.8 Å². The fourth-order valence-corrected chi connectivity index (χ4v) is 3.82. The summed E-state index contributed by atoms with van der Waals surface area (Å²) in [7, 11) is 2.06. The van der Waals surface area contributed by atoms with Gasteiger partial charge in [-0.2, -0.15) is 0 Å². The summed E-state index contributed by atoms with van der Waals surface area (Å²) < 4.78 is 8.09. The van der Waals surface area contributed by atoms with E-state index >= 15 is 0 Å². The molecule has 2 aromatic carbocycles. The maximum absolute atomic E-state index is 12.8. The van der Waals surface area contributed by atoms with Crippen molar-refractivity contribution in [2.45, 2.75) is 18.9 Å². The van der Waals surface area contributed by atoms with Gasteiger partial charge in [0.1, 0.15) is 5.75 Å². The Morgan fingerprint density at radius 1 is 1.07 bits per heavy atom. The molecule has 3 aromatic rings. The summed E-state index contributed by atoms with van der Waals surface area (Å²) in [4.78, 5) is 15.0. The number of carbonyl (C=O) groups excluding carboxylic acids is 1. The molecule has 1 N–H and O–H groups in total. The lowest BCUT2D eigenvalue weighted by Crippen LogP contribution is -2.33. The molecule has 0 aliphatic carbocycles. The zero-order valence-corrected chi connectivity index (χ0v) is 16.0. The van der Waals surface area contributed by atoms with Crippen molar-refractivity contribution in [3.63, 3.8) is 0 Å². The smallest absolute Gasteiger partial charge is 0.238 e. The topological polar surface area (TPSA) is 46.5 Å². The number of ether oxygens (including phenoxy) is 1. The summed E-state index contributed by atoms with van der Waals surface area (Å²) in [5.74, 6) is 1.36. The zero-order valence-electron chi connectivity index (χ0n) is 16.0. The van der Waals surface area contributed by atoms with Crippen LogP contribution in [0.1, 0.15) is 24.6 Å². The van der Waals surface area contributed by atoms with Gasteiger partial charge >= 0.3 is 0 Å². The molecule has 0 bridgehead atoms. The molecule has 1 saturated heterocycles. The van der Waals surface area contributed by atoms with Crippen LogP contribution < -0.4 is 10.1 Å². The Morgan fingerprint density at radius 2 is 1.86 bits per heavy atom. The molecule has 1 unspecified atom stereocenters. The van der Waals surface area contributed by atoms with Crippen LogP contribution in [0.5, 0.6) is 11.5 Å². The predicted octanol–water partition coefficient (Wildman–Crippen LogP) is 4.59. The second-order valence-electron chi connectivity index (χ2n) is 7.13. The van der Waals surface area contributed by atoms with Gasteiger partial charge in [0.05, 0.1) is 18.3 Å². The Morgan fingerprint density at radius 3 is 2.64 bits per heavy atom. The Hall–Kier alpha value is -3.05. The molecule has 0 saturated carbocycles. The third-order valence-electron chi connectivity index (χ3n) is 5.17. The van der Waals surface area contributed by atoms with Crippen molar-refractivity contribution in [3.8, 4) is 11.5 Å². The highest BCUT2D eigenvalue weighted by Crippen LogP contribution is 2.32. The molecule has 2 heterocycles. The Balaban J connectivity index is 1.43. The van der Waals surface area contributed by atoms with Gasteiger partial charge in [-0.25, -0.2) is 0 Å². The summed E-state index contributed by atoms with van der Waals surface area (Å²) in [5.41, 5.74) is 1.95. The highest BCUT2D eigenvalue weighted by atomic mass is 16.5. The van der Waals surface area contributed by atoms with Crippen LogP contribution in [0.4, 0.5) is 5.69 Å². The number of nitrogens with one attached hydrogen (secondary N) is 1. The molecule has 1 aromatic heterocycles. The molecule has 1 atom stereocenters. The number of aromatic nitrogens is 1. The van der Waals surface area contributed by atoms with E-state index in [4.69, 9.17) is 4.74 Å². The normalized spacial score (nSPS) is 16.8. The summed E-state index contributed by atoms with van der Waals surface area (Å²) in [5, 5.41) is 3.03. The SMILES string of the molecule is Cn1cccc1C1CCCN1CC(=O)Nc1ccccc1Oc1ccccc1. The molecule has 1 aliphatic rings. The van der Waals surface area contributed by atoms with Crippen LogP contribution in [0.15, 0.2) is 72.9 Å². The van der Waals surface area contributed by atoms with Crippen LogP contribution in [0.25, 0.3) is 0 Å². The number of hydrogen-bond acceptors (Lipinski definition) is 3. The van der Waals surface area contributed by atoms with Crippen molar-refractivity contribution in [2.75, 3.05) is 18.4 Å². The van der Waals surface area contributed by atoms with Crippen molar-refractivity contribution < 1.29 is 9.53 Å². The van der Waals surface area contributed by atoms with Crippen LogP contribution in [0.2, 0.25) is 0 Å². The van der Waals surface area contributed by atoms with E-state index in [1.165, 1.54) is 5.69 Å². The molecular formula is C23H25N3O2. The molecule has 0 spiro atoms. The number of amides is 1. The molecular weight excluding hydrogens is 350 g/mol. The number of likely N-dealkylation sites (tertiary alicyclic amines) is 1. The lowest BCUT2D eigenvalue weighted by molar-refractivity contribution is -0.117. The molecule has 144 valence electrons. The number of hydrogen-bond donors (Lipinski definition) is 1. The minimum Gasteiger partial charge on any atom is -0.455 e. The van der Waals surface area contributed by atoms with E-state index in [1.54, 1.807) is 0 Å². The van der Waals surface area contributed by atoms with Gasteiger partial charge < -0.3 is 14.6 Å². The van der Waals surface area contributed by atoms with Crippen LogP contribution in [0.3, 0.4) is 0 Å². The molecule has 4 rings (SSSR count). The molecule has 28 heavy (non-hydrogen) atoms. The lowest BCUT2D eigenvalue weighted by atomic mass is 10.1. The Kier molecular flexibility index (Phi) is 5.44. The summed E-state index contributed by atoms with van der Waals surface area (Å²) in [6.07, 6.45) is 4.25. The summed E-state index contributed by atoms with van der Waals surface area (Å²) in [6, 6.07) is 21.6. The molecule has 5 heteroatoms. The average molecular weight is 375 g/mol. The standard InChI is InChI=1S/C23H25N3O2/c1-25-15-7-12-20(25)21-13-8-16-26(21)17-23(27)24-19-11-5-6-14-22(19)28-18-9-3-2-4-10-18/h2-7,9-12,14-15,21H,8,13,16-17H2,1H3,(H,24,27). The number of carbonyl (C=O) groups is 1.